The molecule has 0 amide bonds. The van der Waals surface area contributed by atoms with Gasteiger partial charge >= 0.3 is 0 Å². The lowest BCUT2D eigenvalue weighted by Gasteiger charge is -2.48. The summed E-state index contributed by atoms with van der Waals surface area (Å²) < 4.78 is 1.22. The van der Waals surface area contributed by atoms with Crippen molar-refractivity contribution < 1.29 is 0 Å². The molecule has 2 aliphatic rings. The lowest BCUT2D eigenvalue weighted by atomic mass is 9.88. The predicted molar refractivity (Wildman–Crippen MR) is 90.2 cm³/mol. The Morgan fingerprint density at radius 3 is 2.80 bits per heavy atom. The zero-order chi connectivity index (χ0) is 14.3. The monoisotopic (exact) mass is 356 g/mol. The molecule has 2 atom stereocenters. The lowest BCUT2D eigenvalue weighted by molar-refractivity contribution is 0.0470. The van der Waals surface area contributed by atoms with Crippen molar-refractivity contribution in [2.24, 2.45) is 11.8 Å². The summed E-state index contributed by atoms with van der Waals surface area (Å²) in [6, 6.07) is 2.93. The van der Waals surface area contributed by atoms with Gasteiger partial charge in [-0.25, -0.2) is 0 Å². The quantitative estimate of drug-likeness (QED) is 0.873. The second kappa shape index (κ2) is 5.71. The number of hydrogen-bond acceptors (Lipinski definition) is 3. The van der Waals surface area contributed by atoms with Gasteiger partial charge in [-0.15, -0.1) is 11.3 Å². The van der Waals surface area contributed by atoms with E-state index < -0.39 is 0 Å². The Morgan fingerprint density at radius 1 is 1.50 bits per heavy atom. The minimum absolute atomic E-state index is 0.333. The molecular formula is C16H25BrN2S. The van der Waals surface area contributed by atoms with E-state index in [1.54, 1.807) is 0 Å². The summed E-state index contributed by atoms with van der Waals surface area (Å²) >= 11 is 5.45. The van der Waals surface area contributed by atoms with Crippen molar-refractivity contribution in [3.05, 3.63) is 20.8 Å². The Morgan fingerprint density at radius 2 is 2.25 bits per heavy atom. The number of rotatable bonds is 4. The summed E-state index contributed by atoms with van der Waals surface area (Å²) in [5, 5.41) is 6.06. The highest BCUT2D eigenvalue weighted by Crippen LogP contribution is 2.42. The summed E-state index contributed by atoms with van der Waals surface area (Å²) in [6.45, 7) is 10.6. The standard InChI is InChI=1S/C16H25BrN2S/c1-11(2)15-7-18-16(3,12-4-5-12)10-19(15)8-14-6-13(17)9-20-14/h6,9,11-12,15,18H,4-5,7-8,10H2,1-3H3. The van der Waals surface area contributed by atoms with Crippen LogP contribution in [0.5, 0.6) is 0 Å². The zero-order valence-corrected chi connectivity index (χ0v) is 15.1. The van der Waals surface area contributed by atoms with E-state index in [0.717, 1.165) is 19.0 Å². The Labute approximate surface area is 135 Å². The molecule has 3 rings (SSSR count). The second-order valence-corrected chi connectivity index (χ2v) is 8.93. The molecule has 0 aromatic carbocycles. The molecule has 1 saturated carbocycles. The largest absolute Gasteiger partial charge is 0.308 e. The summed E-state index contributed by atoms with van der Waals surface area (Å²) in [6.07, 6.45) is 2.82. The fraction of sp³-hybridized carbons (Fsp3) is 0.750. The topological polar surface area (TPSA) is 15.3 Å². The van der Waals surface area contributed by atoms with Crippen LogP contribution < -0.4 is 5.32 Å². The van der Waals surface area contributed by atoms with Crippen molar-refractivity contribution in [1.82, 2.24) is 10.2 Å². The minimum Gasteiger partial charge on any atom is -0.308 e. The maximum absolute atomic E-state index is 3.86. The van der Waals surface area contributed by atoms with Crippen molar-refractivity contribution in [3.63, 3.8) is 0 Å². The van der Waals surface area contributed by atoms with Gasteiger partial charge in [0.2, 0.25) is 0 Å². The van der Waals surface area contributed by atoms with Gasteiger partial charge in [-0.05, 0) is 53.6 Å². The molecule has 112 valence electrons. The Balaban J connectivity index is 1.74. The van der Waals surface area contributed by atoms with Gasteiger partial charge in [-0.2, -0.15) is 0 Å². The van der Waals surface area contributed by atoms with E-state index >= 15 is 0 Å². The van der Waals surface area contributed by atoms with Crippen LogP contribution >= 0.6 is 27.3 Å². The third-order valence-corrected chi connectivity index (χ3v) is 6.63. The highest BCUT2D eigenvalue weighted by Gasteiger charge is 2.46. The average molecular weight is 357 g/mol. The third kappa shape index (κ3) is 3.13. The summed E-state index contributed by atoms with van der Waals surface area (Å²) in [4.78, 5) is 4.19. The molecule has 2 fully saturated rings. The van der Waals surface area contributed by atoms with E-state index in [2.05, 4.69) is 58.4 Å². The van der Waals surface area contributed by atoms with Crippen LogP contribution in [0, 0.1) is 11.8 Å². The number of halogens is 1. The van der Waals surface area contributed by atoms with E-state index in [1.807, 2.05) is 11.3 Å². The van der Waals surface area contributed by atoms with Gasteiger partial charge in [0.15, 0.2) is 0 Å². The molecule has 2 nitrogen and oxygen atoms in total. The smallest absolute Gasteiger partial charge is 0.0332 e. The fourth-order valence-corrected chi connectivity index (χ4v) is 5.00. The van der Waals surface area contributed by atoms with E-state index in [9.17, 15) is 0 Å². The minimum atomic E-state index is 0.333. The Bertz CT molecular complexity index is 469. The molecule has 0 spiro atoms. The number of piperazine rings is 1. The van der Waals surface area contributed by atoms with Crippen molar-refractivity contribution >= 4 is 27.3 Å². The zero-order valence-electron chi connectivity index (χ0n) is 12.7. The van der Waals surface area contributed by atoms with Gasteiger partial charge in [-0.1, -0.05) is 13.8 Å². The maximum atomic E-state index is 3.86. The second-order valence-electron chi connectivity index (χ2n) is 7.02. The van der Waals surface area contributed by atoms with E-state index in [1.165, 1.54) is 28.7 Å². The average Bonchev–Trinajstić information content (AvgIpc) is 3.15. The SMILES string of the molecule is CC(C)C1CNC(C)(C2CC2)CN1Cc1cc(Br)cs1. The van der Waals surface area contributed by atoms with Crippen molar-refractivity contribution in [1.29, 1.82) is 0 Å². The van der Waals surface area contributed by atoms with Gasteiger partial charge in [0.25, 0.3) is 0 Å². The number of thiophene rings is 1. The van der Waals surface area contributed by atoms with E-state index in [4.69, 9.17) is 0 Å². The lowest BCUT2D eigenvalue weighted by Crippen LogP contribution is -2.64. The van der Waals surface area contributed by atoms with Crippen LogP contribution in [0.4, 0.5) is 0 Å². The van der Waals surface area contributed by atoms with E-state index in [-0.39, 0.29) is 0 Å². The first-order valence-electron chi connectivity index (χ1n) is 7.70. The molecule has 1 saturated heterocycles. The molecular weight excluding hydrogens is 332 g/mol. The number of nitrogens with one attached hydrogen (secondary N) is 1. The van der Waals surface area contributed by atoms with Gasteiger partial charge in [0, 0.05) is 45.9 Å². The molecule has 0 radical (unpaired) electrons. The van der Waals surface area contributed by atoms with Crippen LogP contribution in [0.1, 0.15) is 38.5 Å². The normalized spacial score (nSPS) is 31.9. The third-order valence-electron chi connectivity index (χ3n) is 4.94. The van der Waals surface area contributed by atoms with Crippen LogP contribution in [0.2, 0.25) is 0 Å². The molecule has 1 aliphatic carbocycles. The highest BCUT2D eigenvalue weighted by atomic mass is 79.9. The van der Waals surface area contributed by atoms with Crippen LogP contribution in [-0.4, -0.2) is 29.6 Å². The molecule has 1 aromatic heterocycles. The molecule has 4 heteroatoms. The van der Waals surface area contributed by atoms with Crippen molar-refractivity contribution in [2.75, 3.05) is 13.1 Å². The van der Waals surface area contributed by atoms with Crippen molar-refractivity contribution in [2.45, 2.75) is 51.7 Å². The molecule has 1 aromatic rings. The molecule has 2 unspecified atom stereocenters. The first-order valence-corrected chi connectivity index (χ1v) is 9.37. The predicted octanol–water partition coefficient (Wildman–Crippen LogP) is 4.11. The molecule has 20 heavy (non-hydrogen) atoms. The summed E-state index contributed by atoms with van der Waals surface area (Å²) in [7, 11) is 0. The molecule has 1 N–H and O–H groups in total. The van der Waals surface area contributed by atoms with Gasteiger partial charge in [-0.3, -0.25) is 4.90 Å². The van der Waals surface area contributed by atoms with Crippen LogP contribution in [0.15, 0.2) is 15.9 Å². The number of hydrogen-bond donors (Lipinski definition) is 1. The number of nitrogens with zero attached hydrogens (tertiary/aromatic N) is 1. The molecule has 2 heterocycles. The first-order chi connectivity index (χ1) is 9.48. The van der Waals surface area contributed by atoms with Crippen molar-refractivity contribution in [3.8, 4) is 0 Å². The Kier molecular flexibility index (Phi) is 4.29. The van der Waals surface area contributed by atoms with Crippen LogP contribution in [0.25, 0.3) is 0 Å². The van der Waals surface area contributed by atoms with E-state index in [0.29, 0.717) is 17.5 Å². The van der Waals surface area contributed by atoms with Crippen LogP contribution in [-0.2, 0) is 6.54 Å². The first kappa shape index (κ1) is 15.0. The van der Waals surface area contributed by atoms with Crippen LogP contribution in [0.3, 0.4) is 0 Å². The highest BCUT2D eigenvalue weighted by molar-refractivity contribution is 9.10. The summed E-state index contributed by atoms with van der Waals surface area (Å²) in [5.41, 5.74) is 0.333. The van der Waals surface area contributed by atoms with Gasteiger partial charge in [0.1, 0.15) is 0 Å². The Hall–Kier alpha value is 0.1000. The summed E-state index contributed by atoms with van der Waals surface area (Å²) in [5.74, 6) is 1.60. The maximum Gasteiger partial charge on any atom is 0.0332 e. The van der Waals surface area contributed by atoms with Gasteiger partial charge < -0.3 is 5.32 Å². The fourth-order valence-electron chi connectivity index (χ4n) is 3.52. The molecule has 0 bridgehead atoms. The van der Waals surface area contributed by atoms with Gasteiger partial charge in [0.05, 0.1) is 0 Å². The molecule has 1 aliphatic heterocycles.